The third kappa shape index (κ3) is 7.89. The van der Waals surface area contributed by atoms with Gasteiger partial charge in [0.25, 0.3) is 0 Å². The van der Waals surface area contributed by atoms with E-state index in [1.165, 1.54) is 64.2 Å². The molecule has 0 spiro atoms. The molecule has 201 valence electrons. The minimum atomic E-state index is -1.56. The first kappa shape index (κ1) is 33.8. The summed E-state index contributed by atoms with van der Waals surface area (Å²) in [7, 11) is -1.56. The molecule has 0 bridgehead atoms. The Bertz CT molecular complexity index is 716. The summed E-state index contributed by atoms with van der Waals surface area (Å²) in [5.41, 5.74) is 6.28. The normalized spacial score (nSPS) is 33.4. The largest absolute Gasteiger partial charge is 3.00 e. The van der Waals surface area contributed by atoms with Gasteiger partial charge in [0.15, 0.2) is 0 Å². The molecule has 0 amide bonds. The van der Waals surface area contributed by atoms with E-state index in [4.69, 9.17) is 4.98 Å². The number of hydrogen-bond donors (Lipinski definition) is 0. The van der Waals surface area contributed by atoms with E-state index < -0.39 is 8.24 Å². The molecule has 4 saturated carbocycles. The summed E-state index contributed by atoms with van der Waals surface area (Å²) in [6.45, 7) is 25.3. The Morgan fingerprint density at radius 3 is 1.61 bits per heavy atom. The number of hydrogen-bond acceptors (Lipinski definition) is 0. The summed E-state index contributed by atoms with van der Waals surface area (Å²) in [5.74, 6) is 6.54. The minimum Gasteiger partial charge on any atom is -0.660 e. The molecule has 0 aliphatic heterocycles. The number of rotatable bonds is 4. The maximum atomic E-state index is 5.46. The Kier molecular flexibility index (Phi) is 13.4. The van der Waals surface area contributed by atoms with Crippen LogP contribution in [-0.4, -0.2) is 13.8 Å². The molecule has 6 unspecified atom stereocenters. The van der Waals surface area contributed by atoms with Crippen LogP contribution in [0.2, 0.25) is 18.6 Å². The molecular weight excluding hydrogens is 486 g/mol. The van der Waals surface area contributed by atoms with Crippen LogP contribution in [0.15, 0.2) is 43.2 Å². The van der Waals surface area contributed by atoms with Crippen LogP contribution >= 0.6 is 0 Å². The molecule has 3 heteroatoms. The zero-order chi connectivity index (χ0) is 25.1. The summed E-state index contributed by atoms with van der Waals surface area (Å²) in [5, 5.41) is 0. The van der Waals surface area contributed by atoms with E-state index >= 15 is 0 Å². The van der Waals surface area contributed by atoms with Crippen LogP contribution in [-0.2, 0) is 21.7 Å². The Labute approximate surface area is 242 Å². The van der Waals surface area contributed by atoms with Crippen molar-refractivity contribution < 1.29 is 21.7 Å². The third-order valence-electron chi connectivity index (χ3n) is 9.67. The molecule has 1 radical (unpaired) electrons. The summed E-state index contributed by atoms with van der Waals surface area (Å²) >= 11 is 0. The predicted octanol–water partition coefficient (Wildman–Crippen LogP) is 10.5. The van der Waals surface area contributed by atoms with Crippen molar-refractivity contribution in [2.24, 2.45) is 35.5 Å². The van der Waals surface area contributed by atoms with E-state index in [1.807, 2.05) is 6.92 Å². The average molecular weight is 543 g/mol. The molecule has 4 aliphatic carbocycles. The van der Waals surface area contributed by atoms with Gasteiger partial charge in [-0.3, -0.25) is 0 Å². The molecule has 1 nitrogen and oxygen atoms in total. The molecule has 0 aromatic heterocycles. The van der Waals surface area contributed by atoms with Crippen LogP contribution < -0.4 is 0 Å². The van der Waals surface area contributed by atoms with Crippen LogP contribution in [0.4, 0.5) is 0 Å². The Morgan fingerprint density at radius 1 is 0.861 bits per heavy atom. The van der Waals surface area contributed by atoms with Crippen molar-refractivity contribution in [3.63, 3.8) is 0 Å². The van der Waals surface area contributed by atoms with Gasteiger partial charge in [-0.2, -0.15) is 31.2 Å². The molecule has 0 aromatic rings. The molecule has 0 N–H and O–H groups in total. The first-order valence-corrected chi connectivity index (χ1v) is 17.3. The van der Waals surface area contributed by atoms with E-state index in [-0.39, 0.29) is 34.7 Å². The van der Waals surface area contributed by atoms with Crippen molar-refractivity contribution in [3.8, 4) is 0 Å². The number of fused-ring (bicyclic) bond motifs is 5. The van der Waals surface area contributed by atoms with E-state index in [1.54, 1.807) is 17.7 Å². The van der Waals surface area contributed by atoms with Gasteiger partial charge in [0.05, 0.1) is 0 Å². The van der Waals surface area contributed by atoms with Gasteiger partial charge in [-0.1, -0.05) is 99.7 Å². The zero-order valence-corrected chi connectivity index (χ0v) is 27.4. The molecule has 4 rings (SSSR count). The molecular formula is C33H56NSiTi. The standard InChI is InChI=1S/C26H44NSi.C6H9.CH3.Ti/c1-7-19-20-12-8-10-14-22(20)24-16-18(28(5,6)27-26(2,3)4)17-25(24)23-15-11-9-13-21(19)23;1-4-6(3)5-2;;/h18,20-25H,1,8-17H2,2-6H3;4-5H,1-2H2,3H3;1H3;/q3*-1;+3. The van der Waals surface area contributed by atoms with Crippen molar-refractivity contribution >= 4 is 8.24 Å². The average Bonchev–Trinajstić information content (AvgIpc) is 3.21. The van der Waals surface area contributed by atoms with Crippen LogP contribution in [0.25, 0.3) is 4.98 Å². The monoisotopic (exact) mass is 542 g/mol. The SMILES string of the molecule is C=C=C1C2CCCCC2C2CC([Si](C)(C)[N-]C(C)(C)C)CC2C2CCCCC12.C=C[C-](C)C=C.[CH3-].[Ti+3]. The van der Waals surface area contributed by atoms with Crippen molar-refractivity contribution in [1.29, 1.82) is 0 Å². The quantitative estimate of drug-likeness (QED) is 0.191. The van der Waals surface area contributed by atoms with Gasteiger partial charge in [0.1, 0.15) is 0 Å². The summed E-state index contributed by atoms with van der Waals surface area (Å²) < 4.78 is 0. The summed E-state index contributed by atoms with van der Waals surface area (Å²) in [4.78, 5) is 5.46. The van der Waals surface area contributed by atoms with Crippen LogP contribution in [0.5, 0.6) is 0 Å². The minimum absolute atomic E-state index is 0. The third-order valence-corrected chi connectivity index (χ3v) is 13.4. The molecule has 0 aromatic carbocycles. The van der Waals surface area contributed by atoms with Crippen LogP contribution in [0, 0.1) is 48.9 Å². The van der Waals surface area contributed by atoms with E-state index in [0.29, 0.717) is 0 Å². The van der Waals surface area contributed by atoms with Crippen LogP contribution in [0.3, 0.4) is 0 Å². The van der Waals surface area contributed by atoms with Gasteiger partial charge in [-0.25, -0.2) is 0 Å². The van der Waals surface area contributed by atoms with E-state index in [9.17, 15) is 0 Å². The van der Waals surface area contributed by atoms with Gasteiger partial charge in [0.2, 0.25) is 0 Å². The fourth-order valence-corrected chi connectivity index (χ4v) is 12.0. The van der Waals surface area contributed by atoms with Crippen LogP contribution in [0.1, 0.15) is 91.9 Å². The maximum absolute atomic E-state index is 5.46. The second kappa shape index (κ2) is 14.2. The van der Waals surface area contributed by atoms with E-state index in [0.717, 1.165) is 47.0 Å². The Morgan fingerprint density at radius 2 is 1.28 bits per heavy atom. The number of allylic oxidation sites excluding steroid dienone is 3. The maximum Gasteiger partial charge on any atom is 3.00 e. The molecule has 6 atom stereocenters. The predicted molar refractivity (Wildman–Crippen MR) is 160 cm³/mol. The fourth-order valence-electron chi connectivity index (χ4n) is 8.36. The number of nitrogens with zero attached hydrogens (tertiary/aromatic N) is 1. The van der Waals surface area contributed by atoms with E-state index in [2.05, 4.69) is 59.3 Å². The molecule has 0 saturated heterocycles. The van der Waals surface area contributed by atoms with Crippen molar-refractivity contribution in [1.82, 2.24) is 0 Å². The van der Waals surface area contributed by atoms with Crippen molar-refractivity contribution in [2.45, 2.75) is 116 Å². The Hall–Kier alpha value is -0.239. The topological polar surface area (TPSA) is 14.1 Å². The fraction of sp³-hybridized carbons (Fsp3) is 0.727. The van der Waals surface area contributed by atoms with Gasteiger partial charge in [-0.05, 0) is 66.8 Å². The summed E-state index contributed by atoms with van der Waals surface area (Å²) in [6.07, 6.45) is 18.1. The van der Waals surface area contributed by atoms with Gasteiger partial charge in [0, 0.05) is 0 Å². The van der Waals surface area contributed by atoms with Gasteiger partial charge >= 0.3 is 21.7 Å². The zero-order valence-electron chi connectivity index (χ0n) is 24.8. The van der Waals surface area contributed by atoms with Crippen molar-refractivity contribution in [2.75, 3.05) is 0 Å². The van der Waals surface area contributed by atoms with Gasteiger partial charge in [-0.15, -0.1) is 11.3 Å². The second-order valence-electron chi connectivity index (χ2n) is 13.3. The first-order valence-electron chi connectivity index (χ1n) is 14.2. The molecule has 4 aliphatic rings. The van der Waals surface area contributed by atoms with Gasteiger partial charge < -0.3 is 12.4 Å². The van der Waals surface area contributed by atoms with Crippen molar-refractivity contribution in [3.05, 3.63) is 61.5 Å². The smallest absolute Gasteiger partial charge is 0.660 e. The molecule has 36 heavy (non-hydrogen) atoms. The molecule has 4 fully saturated rings. The second-order valence-corrected chi connectivity index (χ2v) is 17.7. The molecule has 0 heterocycles. The first-order chi connectivity index (χ1) is 16.0. The summed E-state index contributed by atoms with van der Waals surface area (Å²) in [6, 6.07) is 0. The Balaban J connectivity index is 0.000000727.